The van der Waals surface area contributed by atoms with E-state index in [0.29, 0.717) is 22.5 Å². The van der Waals surface area contributed by atoms with Gasteiger partial charge in [0.2, 0.25) is 0 Å². The molecule has 2 amide bonds. The van der Waals surface area contributed by atoms with Crippen LogP contribution in [-0.2, 0) is 16.0 Å². The molecule has 0 spiro atoms. The summed E-state index contributed by atoms with van der Waals surface area (Å²) < 4.78 is 1.91. The minimum Gasteiger partial charge on any atom is -0.361 e. The van der Waals surface area contributed by atoms with Gasteiger partial charge in [-0.25, -0.2) is 4.98 Å². The number of nitrogens with zero attached hydrogens (tertiary/aromatic N) is 2. The number of hydrogen-bond acceptors (Lipinski definition) is 3. The molecule has 4 aromatic rings. The van der Waals surface area contributed by atoms with Crippen molar-refractivity contribution >= 4 is 39.5 Å². The minimum absolute atomic E-state index is 0.369. The van der Waals surface area contributed by atoms with Gasteiger partial charge in [-0.3, -0.25) is 19.3 Å². The van der Waals surface area contributed by atoms with Crippen molar-refractivity contribution in [1.29, 1.82) is 0 Å². The number of imidazole rings is 1. The maximum Gasteiger partial charge on any atom is 0.261 e. The fourth-order valence-corrected chi connectivity index (χ4v) is 3.93. The number of aryl methyl sites for hydroxylation is 2. The molecule has 0 fully saturated rings. The number of hydrogen-bond donors (Lipinski definition) is 2. The summed E-state index contributed by atoms with van der Waals surface area (Å²) >= 11 is 0. The Kier molecular flexibility index (Phi) is 3.49. The minimum atomic E-state index is -0.392. The molecule has 138 valence electrons. The van der Waals surface area contributed by atoms with Crippen LogP contribution >= 0.6 is 0 Å². The summed E-state index contributed by atoms with van der Waals surface area (Å²) in [7, 11) is 0. The van der Waals surface area contributed by atoms with Crippen LogP contribution in [0.1, 0.15) is 29.4 Å². The number of amides is 2. The van der Waals surface area contributed by atoms with Crippen molar-refractivity contribution in [3.05, 3.63) is 71.3 Å². The van der Waals surface area contributed by atoms with E-state index in [1.165, 1.54) is 0 Å². The third-order valence-corrected chi connectivity index (χ3v) is 5.29. The monoisotopic (exact) mass is 370 g/mol. The predicted molar refractivity (Wildman–Crippen MR) is 108 cm³/mol. The Morgan fingerprint density at radius 3 is 2.64 bits per heavy atom. The Hall–Kier alpha value is -3.67. The summed E-state index contributed by atoms with van der Waals surface area (Å²) in [6, 6.07) is 11.7. The number of nitrogens with one attached hydrogen (secondary N) is 2. The van der Waals surface area contributed by atoms with E-state index in [-0.39, 0.29) is 5.91 Å². The highest BCUT2D eigenvalue weighted by atomic mass is 16.2. The van der Waals surface area contributed by atoms with E-state index < -0.39 is 5.91 Å². The highest BCUT2D eigenvalue weighted by molar-refractivity contribution is 6.50. The van der Waals surface area contributed by atoms with Gasteiger partial charge in [0.25, 0.3) is 11.8 Å². The van der Waals surface area contributed by atoms with E-state index >= 15 is 0 Å². The molecule has 4 heterocycles. The maximum atomic E-state index is 12.8. The van der Waals surface area contributed by atoms with Crippen molar-refractivity contribution in [2.45, 2.75) is 20.3 Å². The third-order valence-electron chi connectivity index (χ3n) is 5.29. The normalized spacial score (nSPS) is 14.5. The molecular weight excluding hydrogens is 352 g/mol. The molecule has 1 aliphatic rings. The lowest BCUT2D eigenvalue weighted by Crippen LogP contribution is -2.23. The number of carbonyl (C=O) groups excluding carboxylic acids is 2. The van der Waals surface area contributed by atoms with Gasteiger partial charge in [-0.15, -0.1) is 0 Å². The molecule has 2 N–H and O–H groups in total. The van der Waals surface area contributed by atoms with Crippen molar-refractivity contribution < 1.29 is 9.59 Å². The van der Waals surface area contributed by atoms with Crippen molar-refractivity contribution in [3.8, 4) is 0 Å². The number of benzene rings is 1. The zero-order chi connectivity index (χ0) is 19.4. The molecule has 0 unspecified atom stereocenters. The van der Waals surface area contributed by atoms with Gasteiger partial charge in [0.15, 0.2) is 0 Å². The van der Waals surface area contributed by atoms with E-state index in [4.69, 9.17) is 0 Å². The third kappa shape index (κ3) is 2.24. The quantitative estimate of drug-likeness (QED) is 0.543. The zero-order valence-corrected chi connectivity index (χ0v) is 15.5. The van der Waals surface area contributed by atoms with Crippen LogP contribution < -0.4 is 5.32 Å². The van der Waals surface area contributed by atoms with Gasteiger partial charge in [-0.05, 0) is 31.0 Å². The molecule has 5 rings (SSSR count). The van der Waals surface area contributed by atoms with E-state index in [1.54, 1.807) is 6.20 Å². The van der Waals surface area contributed by atoms with Crippen molar-refractivity contribution in [1.82, 2.24) is 19.7 Å². The summed E-state index contributed by atoms with van der Waals surface area (Å²) in [5.41, 5.74) is 5.64. The van der Waals surface area contributed by atoms with E-state index in [1.807, 2.05) is 53.9 Å². The number of carbonyl (C=O) groups is 2. The predicted octanol–water partition coefficient (Wildman–Crippen LogP) is 3.25. The van der Waals surface area contributed by atoms with Crippen molar-refractivity contribution in [2.75, 3.05) is 0 Å². The van der Waals surface area contributed by atoms with Gasteiger partial charge < -0.3 is 4.98 Å². The molecule has 28 heavy (non-hydrogen) atoms. The van der Waals surface area contributed by atoms with E-state index in [2.05, 4.69) is 22.2 Å². The lowest BCUT2D eigenvalue weighted by Gasteiger charge is -2.07. The summed E-state index contributed by atoms with van der Waals surface area (Å²) in [6.45, 7) is 3.94. The standard InChI is InChI=1S/C22H18N4O2/c1-3-13-8-9-17-24-12(2)20(26(17)11-13)19-18(21(27)25-22(19)28)15-10-23-16-7-5-4-6-14(15)16/h4-11,23H,3H2,1-2H3,(H,25,27,28). The first-order valence-electron chi connectivity index (χ1n) is 9.23. The van der Waals surface area contributed by atoms with Crippen molar-refractivity contribution in [3.63, 3.8) is 0 Å². The Morgan fingerprint density at radius 1 is 1.04 bits per heavy atom. The number of H-pyrrole nitrogens is 1. The van der Waals surface area contributed by atoms with Gasteiger partial charge in [0, 0.05) is 28.9 Å². The average molecular weight is 370 g/mol. The molecule has 3 aromatic heterocycles. The largest absolute Gasteiger partial charge is 0.361 e. The Morgan fingerprint density at radius 2 is 1.82 bits per heavy atom. The SMILES string of the molecule is CCc1ccc2nc(C)c(C3=C(c4c[nH]c5ccccc45)C(=O)NC3=O)n2c1. The highest BCUT2D eigenvalue weighted by Crippen LogP contribution is 2.36. The molecule has 6 nitrogen and oxygen atoms in total. The second-order valence-electron chi connectivity index (χ2n) is 6.95. The van der Waals surface area contributed by atoms with Crippen LogP contribution in [0.25, 0.3) is 27.7 Å². The van der Waals surface area contributed by atoms with Gasteiger partial charge in [0.1, 0.15) is 5.65 Å². The van der Waals surface area contributed by atoms with Gasteiger partial charge in [-0.2, -0.15) is 0 Å². The van der Waals surface area contributed by atoms with E-state index in [9.17, 15) is 9.59 Å². The number of aromatic amines is 1. The van der Waals surface area contributed by atoms with Crippen LogP contribution in [0.15, 0.2) is 48.8 Å². The summed E-state index contributed by atoms with van der Waals surface area (Å²) in [4.78, 5) is 33.4. The van der Waals surface area contributed by atoms with E-state index in [0.717, 1.165) is 34.1 Å². The molecule has 1 aliphatic heterocycles. The number of fused-ring (bicyclic) bond motifs is 2. The molecule has 0 radical (unpaired) electrons. The number of aromatic nitrogens is 3. The fourth-order valence-electron chi connectivity index (χ4n) is 3.93. The molecular formula is C22H18N4O2. The average Bonchev–Trinajstić information content (AvgIpc) is 3.33. The lowest BCUT2D eigenvalue weighted by molar-refractivity contribution is -0.122. The summed E-state index contributed by atoms with van der Waals surface area (Å²) in [5, 5.41) is 3.38. The smallest absolute Gasteiger partial charge is 0.261 e. The molecule has 0 bridgehead atoms. The zero-order valence-electron chi connectivity index (χ0n) is 15.5. The van der Waals surface area contributed by atoms with Gasteiger partial charge in [0.05, 0.1) is 22.5 Å². The highest BCUT2D eigenvalue weighted by Gasteiger charge is 2.36. The topological polar surface area (TPSA) is 79.3 Å². The van der Waals surface area contributed by atoms with Crippen LogP contribution in [0, 0.1) is 6.92 Å². The summed E-state index contributed by atoms with van der Waals surface area (Å²) in [5.74, 6) is -0.775. The first-order chi connectivity index (χ1) is 13.6. The first kappa shape index (κ1) is 16.5. The van der Waals surface area contributed by atoms with Crippen LogP contribution in [-0.4, -0.2) is 26.2 Å². The Labute approximate surface area is 160 Å². The molecule has 0 aliphatic carbocycles. The van der Waals surface area contributed by atoms with Crippen LogP contribution in [0.3, 0.4) is 0 Å². The molecule has 0 saturated carbocycles. The first-order valence-corrected chi connectivity index (χ1v) is 9.23. The molecule has 6 heteroatoms. The van der Waals surface area contributed by atoms with Gasteiger partial charge in [-0.1, -0.05) is 31.2 Å². The number of imide groups is 1. The number of para-hydroxylation sites is 1. The second kappa shape index (κ2) is 5.92. The fraction of sp³-hybridized carbons (Fsp3) is 0.136. The molecule has 0 saturated heterocycles. The van der Waals surface area contributed by atoms with Crippen LogP contribution in [0.2, 0.25) is 0 Å². The second-order valence-corrected chi connectivity index (χ2v) is 6.95. The van der Waals surface area contributed by atoms with Gasteiger partial charge >= 0.3 is 0 Å². The lowest BCUT2D eigenvalue weighted by atomic mass is 9.98. The molecule has 0 atom stereocenters. The summed E-state index contributed by atoms with van der Waals surface area (Å²) in [6.07, 6.45) is 4.64. The van der Waals surface area contributed by atoms with Crippen LogP contribution in [0.4, 0.5) is 0 Å². The Balaban J connectivity index is 1.86. The van der Waals surface area contributed by atoms with Crippen LogP contribution in [0.5, 0.6) is 0 Å². The Bertz CT molecular complexity index is 1320. The number of rotatable bonds is 3. The number of pyridine rings is 1. The molecule has 1 aromatic carbocycles. The maximum absolute atomic E-state index is 12.8. The van der Waals surface area contributed by atoms with Crippen molar-refractivity contribution in [2.24, 2.45) is 0 Å².